The zero-order valence-corrected chi connectivity index (χ0v) is 11.4. The van der Waals surface area contributed by atoms with Crippen molar-refractivity contribution in [2.24, 2.45) is 5.73 Å². The van der Waals surface area contributed by atoms with Gasteiger partial charge in [-0.05, 0) is 20.0 Å². The lowest BCUT2D eigenvalue weighted by molar-refractivity contribution is 0.172. The van der Waals surface area contributed by atoms with E-state index in [4.69, 9.17) is 10.5 Å². The summed E-state index contributed by atoms with van der Waals surface area (Å²) in [7, 11) is 3.83. The Kier molecular flexibility index (Phi) is 4.22. The van der Waals surface area contributed by atoms with Gasteiger partial charge in [0, 0.05) is 31.2 Å². The highest BCUT2D eigenvalue weighted by Gasteiger charge is 2.27. The number of aryl methyl sites for hydroxylation is 1. The first-order valence-electron chi connectivity index (χ1n) is 6.44. The van der Waals surface area contributed by atoms with Crippen molar-refractivity contribution in [3.8, 4) is 5.75 Å². The van der Waals surface area contributed by atoms with E-state index in [0.29, 0.717) is 6.04 Å². The summed E-state index contributed by atoms with van der Waals surface area (Å²) in [6.07, 6.45) is 0. The maximum Gasteiger partial charge on any atom is 0.123 e. The second kappa shape index (κ2) is 5.69. The number of ether oxygens (including phenoxy) is 1. The fraction of sp³-hybridized carbons (Fsp3) is 0.571. The Balaban J connectivity index is 2.26. The van der Waals surface area contributed by atoms with E-state index in [1.165, 1.54) is 5.56 Å². The zero-order chi connectivity index (χ0) is 13.1. The predicted octanol–water partition coefficient (Wildman–Crippen LogP) is 0.907. The average Bonchev–Trinajstić information content (AvgIpc) is 2.38. The third kappa shape index (κ3) is 2.66. The summed E-state index contributed by atoms with van der Waals surface area (Å²) in [6.45, 7) is 5.07. The number of nitrogens with zero attached hydrogens (tertiary/aromatic N) is 1. The largest absolute Gasteiger partial charge is 0.496 e. The highest BCUT2D eigenvalue weighted by molar-refractivity contribution is 5.39. The van der Waals surface area contributed by atoms with Crippen molar-refractivity contribution < 1.29 is 4.74 Å². The number of hydrogen-bond acceptors (Lipinski definition) is 4. The molecule has 4 nitrogen and oxygen atoms in total. The van der Waals surface area contributed by atoms with Crippen LogP contribution in [0, 0.1) is 6.92 Å². The summed E-state index contributed by atoms with van der Waals surface area (Å²) in [5.74, 6) is 0.882. The molecule has 0 spiro atoms. The van der Waals surface area contributed by atoms with Gasteiger partial charge in [-0.1, -0.05) is 17.7 Å². The predicted molar refractivity (Wildman–Crippen MR) is 73.9 cm³/mol. The summed E-state index contributed by atoms with van der Waals surface area (Å²) in [6, 6.07) is 6.47. The maximum absolute atomic E-state index is 6.44. The molecule has 1 aromatic carbocycles. The molecule has 0 aliphatic carbocycles. The number of rotatable bonds is 3. The molecule has 3 N–H and O–H groups in total. The Hall–Kier alpha value is -1.10. The molecule has 4 heteroatoms. The Labute approximate surface area is 109 Å². The lowest BCUT2D eigenvalue weighted by Gasteiger charge is -2.37. The van der Waals surface area contributed by atoms with Crippen LogP contribution in [0.1, 0.15) is 17.2 Å². The Bertz CT molecular complexity index is 408. The molecule has 0 amide bonds. The molecular weight excluding hydrogens is 226 g/mol. The molecule has 2 rings (SSSR count). The maximum atomic E-state index is 6.44. The quantitative estimate of drug-likeness (QED) is 0.836. The second-order valence-electron chi connectivity index (χ2n) is 5.02. The van der Waals surface area contributed by atoms with Crippen LogP contribution < -0.4 is 15.8 Å². The van der Waals surface area contributed by atoms with Gasteiger partial charge in [-0.3, -0.25) is 4.90 Å². The number of methoxy groups -OCH3 is 1. The van der Waals surface area contributed by atoms with Crippen LogP contribution in [-0.2, 0) is 0 Å². The summed E-state index contributed by atoms with van der Waals surface area (Å²) < 4.78 is 5.43. The van der Waals surface area contributed by atoms with Gasteiger partial charge in [0.15, 0.2) is 0 Å². The van der Waals surface area contributed by atoms with Gasteiger partial charge in [0.25, 0.3) is 0 Å². The standard InChI is InChI=1S/C14H23N3O/c1-10-4-5-13(18-3)11(8-10)14(15)12-9-16-6-7-17(12)2/h4-5,8,12,14,16H,6-7,9,15H2,1-3H3. The van der Waals surface area contributed by atoms with E-state index in [1.807, 2.05) is 6.07 Å². The minimum Gasteiger partial charge on any atom is -0.496 e. The highest BCUT2D eigenvalue weighted by atomic mass is 16.5. The first-order valence-corrected chi connectivity index (χ1v) is 6.44. The molecule has 2 atom stereocenters. The minimum atomic E-state index is -0.0300. The topological polar surface area (TPSA) is 50.5 Å². The van der Waals surface area contributed by atoms with Crippen molar-refractivity contribution in [1.29, 1.82) is 0 Å². The van der Waals surface area contributed by atoms with E-state index < -0.39 is 0 Å². The highest BCUT2D eigenvalue weighted by Crippen LogP contribution is 2.28. The number of nitrogens with one attached hydrogen (secondary N) is 1. The molecule has 1 saturated heterocycles. The van der Waals surface area contributed by atoms with Crippen molar-refractivity contribution >= 4 is 0 Å². The molecule has 0 aromatic heterocycles. The first-order chi connectivity index (χ1) is 8.63. The SMILES string of the molecule is COc1ccc(C)cc1C(N)C1CNCCN1C. The summed E-state index contributed by atoms with van der Waals surface area (Å²) >= 11 is 0. The van der Waals surface area contributed by atoms with Crippen LogP contribution in [0.4, 0.5) is 0 Å². The van der Waals surface area contributed by atoms with Gasteiger partial charge in [-0.25, -0.2) is 0 Å². The Morgan fingerprint density at radius 2 is 2.28 bits per heavy atom. The van der Waals surface area contributed by atoms with Crippen LogP contribution >= 0.6 is 0 Å². The molecule has 0 bridgehead atoms. The number of nitrogens with two attached hydrogens (primary N) is 1. The number of benzene rings is 1. The third-order valence-electron chi connectivity index (χ3n) is 3.72. The molecular formula is C14H23N3O. The van der Waals surface area contributed by atoms with Crippen LogP contribution in [0.3, 0.4) is 0 Å². The normalized spacial score (nSPS) is 22.8. The van der Waals surface area contributed by atoms with E-state index in [0.717, 1.165) is 30.9 Å². The van der Waals surface area contributed by atoms with E-state index in [2.05, 4.69) is 36.3 Å². The molecule has 1 aromatic rings. The van der Waals surface area contributed by atoms with Gasteiger partial charge in [0.2, 0.25) is 0 Å². The van der Waals surface area contributed by atoms with Gasteiger partial charge in [0.1, 0.15) is 5.75 Å². The molecule has 1 heterocycles. The minimum absolute atomic E-state index is 0.0300. The third-order valence-corrected chi connectivity index (χ3v) is 3.72. The molecule has 2 unspecified atom stereocenters. The van der Waals surface area contributed by atoms with Gasteiger partial charge < -0.3 is 15.8 Å². The number of likely N-dealkylation sites (N-methyl/N-ethyl adjacent to an activating group) is 1. The zero-order valence-electron chi connectivity index (χ0n) is 11.4. The van der Waals surface area contributed by atoms with Crippen LogP contribution in [0.2, 0.25) is 0 Å². The van der Waals surface area contributed by atoms with Gasteiger partial charge in [-0.2, -0.15) is 0 Å². The second-order valence-corrected chi connectivity index (χ2v) is 5.02. The Morgan fingerprint density at radius 3 is 2.94 bits per heavy atom. The summed E-state index contributed by atoms with van der Waals surface area (Å²) in [4.78, 5) is 2.32. The van der Waals surface area contributed by atoms with E-state index in [-0.39, 0.29) is 6.04 Å². The van der Waals surface area contributed by atoms with Crippen LogP contribution in [0.5, 0.6) is 5.75 Å². The lowest BCUT2D eigenvalue weighted by Crippen LogP contribution is -2.53. The fourth-order valence-electron chi connectivity index (χ4n) is 2.55. The van der Waals surface area contributed by atoms with E-state index in [9.17, 15) is 0 Å². The van der Waals surface area contributed by atoms with Gasteiger partial charge in [0.05, 0.1) is 13.2 Å². The van der Waals surface area contributed by atoms with Crippen molar-refractivity contribution in [3.05, 3.63) is 29.3 Å². The molecule has 18 heavy (non-hydrogen) atoms. The summed E-state index contributed by atoms with van der Waals surface area (Å²) in [5, 5.41) is 3.41. The van der Waals surface area contributed by atoms with Crippen molar-refractivity contribution in [2.75, 3.05) is 33.8 Å². The van der Waals surface area contributed by atoms with Crippen molar-refractivity contribution in [3.63, 3.8) is 0 Å². The molecule has 100 valence electrons. The monoisotopic (exact) mass is 249 g/mol. The van der Waals surface area contributed by atoms with Crippen LogP contribution in [0.15, 0.2) is 18.2 Å². The van der Waals surface area contributed by atoms with Crippen molar-refractivity contribution in [1.82, 2.24) is 10.2 Å². The lowest BCUT2D eigenvalue weighted by atomic mass is 9.95. The van der Waals surface area contributed by atoms with Crippen molar-refractivity contribution in [2.45, 2.75) is 19.0 Å². The summed E-state index contributed by atoms with van der Waals surface area (Å²) in [5.41, 5.74) is 8.75. The fourth-order valence-corrected chi connectivity index (χ4v) is 2.55. The molecule has 0 saturated carbocycles. The van der Waals surface area contributed by atoms with Gasteiger partial charge >= 0.3 is 0 Å². The molecule has 1 aliphatic heterocycles. The molecule has 0 radical (unpaired) electrons. The van der Waals surface area contributed by atoms with E-state index in [1.54, 1.807) is 7.11 Å². The van der Waals surface area contributed by atoms with Crippen LogP contribution in [0.25, 0.3) is 0 Å². The number of piperazine rings is 1. The van der Waals surface area contributed by atoms with E-state index >= 15 is 0 Å². The average molecular weight is 249 g/mol. The molecule has 1 aliphatic rings. The first kappa shape index (κ1) is 13.3. The van der Waals surface area contributed by atoms with Crippen LogP contribution in [-0.4, -0.2) is 44.7 Å². The molecule has 1 fully saturated rings. The van der Waals surface area contributed by atoms with Gasteiger partial charge in [-0.15, -0.1) is 0 Å². The number of hydrogen-bond donors (Lipinski definition) is 2. The Morgan fingerprint density at radius 1 is 1.50 bits per heavy atom. The smallest absolute Gasteiger partial charge is 0.123 e.